The van der Waals surface area contributed by atoms with Crippen molar-refractivity contribution in [1.29, 1.82) is 0 Å². The first-order chi connectivity index (χ1) is 14.2. The van der Waals surface area contributed by atoms with E-state index in [-0.39, 0.29) is 11.9 Å². The molecule has 5 heteroatoms. The first-order valence-corrected chi connectivity index (χ1v) is 11.0. The number of rotatable bonds is 7. The zero-order valence-electron chi connectivity index (χ0n) is 16.4. The molecule has 3 aromatic rings. The summed E-state index contributed by atoms with van der Waals surface area (Å²) >= 11 is 1.64. The molecule has 1 aliphatic heterocycles. The molecule has 1 N–H and O–H groups in total. The maximum Gasteiger partial charge on any atom is 0.225 e. The molecule has 2 aromatic carbocycles. The Labute approximate surface area is 176 Å². The Kier molecular flexibility index (Phi) is 6.60. The van der Waals surface area contributed by atoms with Gasteiger partial charge in [0, 0.05) is 30.6 Å². The standard InChI is InChI=1S/C24H26N2O2S/c27-24(17-23-10-5-15-29-23)25-20-11-13-26(14-12-20)18-19-6-4-9-22(16-19)28-21-7-2-1-3-8-21/h1-10,15-16,20H,11-14,17-18H2,(H,25,27). The summed E-state index contributed by atoms with van der Waals surface area (Å²) in [5.74, 6) is 1.85. The van der Waals surface area contributed by atoms with E-state index in [0.717, 1.165) is 48.9 Å². The fourth-order valence-corrected chi connectivity index (χ4v) is 4.38. The summed E-state index contributed by atoms with van der Waals surface area (Å²) in [5.41, 5.74) is 1.25. The number of nitrogens with one attached hydrogen (secondary N) is 1. The number of benzene rings is 2. The Balaban J connectivity index is 1.24. The molecule has 0 unspecified atom stereocenters. The van der Waals surface area contributed by atoms with Gasteiger partial charge in [-0.2, -0.15) is 0 Å². The molecular weight excluding hydrogens is 380 g/mol. The third-order valence-electron chi connectivity index (χ3n) is 5.15. The summed E-state index contributed by atoms with van der Waals surface area (Å²) in [5, 5.41) is 5.21. The summed E-state index contributed by atoms with van der Waals surface area (Å²) in [6.07, 6.45) is 2.48. The topological polar surface area (TPSA) is 41.6 Å². The Morgan fingerprint density at radius 2 is 1.79 bits per heavy atom. The van der Waals surface area contributed by atoms with Crippen LogP contribution in [0.4, 0.5) is 0 Å². The fraction of sp³-hybridized carbons (Fsp3) is 0.292. The number of piperidine rings is 1. The van der Waals surface area contributed by atoms with Gasteiger partial charge in [-0.05, 0) is 54.1 Å². The number of hydrogen-bond acceptors (Lipinski definition) is 4. The Morgan fingerprint density at radius 3 is 2.55 bits per heavy atom. The van der Waals surface area contributed by atoms with Gasteiger partial charge in [0.1, 0.15) is 11.5 Å². The van der Waals surface area contributed by atoms with Crippen molar-refractivity contribution < 1.29 is 9.53 Å². The van der Waals surface area contributed by atoms with Crippen molar-refractivity contribution in [2.24, 2.45) is 0 Å². The highest BCUT2D eigenvalue weighted by atomic mass is 32.1. The van der Waals surface area contributed by atoms with Gasteiger partial charge in [0.25, 0.3) is 0 Å². The van der Waals surface area contributed by atoms with E-state index >= 15 is 0 Å². The predicted molar refractivity (Wildman–Crippen MR) is 117 cm³/mol. The Hall–Kier alpha value is -2.63. The molecule has 2 heterocycles. The average Bonchev–Trinajstić information content (AvgIpc) is 3.23. The van der Waals surface area contributed by atoms with E-state index < -0.39 is 0 Å². The minimum Gasteiger partial charge on any atom is -0.457 e. The van der Waals surface area contributed by atoms with E-state index in [4.69, 9.17) is 4.74 Å². The minimum absolute atomic E-state index is 0.136. The number of hydrogen-bond donors (Lipinski definition) is 1. The summed E-state index contributed by atoms with van der Waals surface area (Å²) in [6.45, 7) is 2.89. The lowest BCUT2D eigenvalue weighted by molar-refractivity contribution is -0.121. The minimum atomic E-state index is 0.136. The number of thiophene rings is 1. The van der Waals surface area contributed by atoms with Gasteiger partial charge >= 0.3 is 0 Å². The third-order valence-corrected chi connectivity index (χ3v) is 6.03. The van der Waals surface area contributed by atoms with Gasteiger partial charge in [0.2, 0.25) is 5.91 Å². The lowest BCUT2D eigenvalue weighted by Gasteiger charge is -2.32. The van der Waals surface area contributed by atoms with E-state index in [2.05, 4.69) is 22.3 Å². The second kappa shape index (κ2) is 9.72. The number of nitrogens with zero attached hydrogens (tertiary/aromatic N) is 1. The molecule has 150 valence electrons. The molecule has 29 heavy (non-hydrogen) atoms. The third kappa shape index (κ3) is 5.92. The van der Waals surface area contributed by atoms with E-state index in [1.165, 1.54) is 5.56 Å². The maximum absolute atomic E-state index is 12.2. The van der Waals surface area contributed by atoms with Crippen LogP contribution in [-0.2, 0) is 17.8 Å². The Morgan fingerprint density at radius 1 is 1.00 bits per heavy atom. The SMILES string of the molecule is O=C(Cc1cccs1)NC1CCN(Cc2cccc(Oc3ccccc3)c2)CC1. The predicted octanol–water partition coefficient (Wildman–Crippen LogP) is 4.86. The van der Waals surface area contributed by atoms with E-state index in [1.807, 2.05) is 60.0 Å². The average molecular weight is 407 g/mol. The zero-order valence-corrected chi connectivity index (χ0v) is 17.2. The van der Waals surface area contributed by atoms with Gasteiger partial charge in [-0.3, -0.25) is 9.69 Å². The van der Waals surface area contributed by atoms with Crippen molar-refractivity contribution in [3.05, 3.63) is 82.6 Å². The van der Waals surface area contributed by atoms with Crippen molar-refractivity contribution in [3.63, 3.8) is 0 Å². The van der Waals surface area contributed by atoms with Crippen LogP contribution in [0.1, 0.15) is 23.3 Å². The monoisotopic (exact) mass is 406 g/mol. The highest BCUT2D eigenvalue weighted by Gasteiger charge is 2.21. The van der Waals surface area contributed by atoms with Crippen molar-refractivity contribution in [2.45, 2.75) is 31.8 Å². The van der Waals surface area contributed by atoms with Gasteiger partial charge in [0.05, 0.1) is 6.42 Å². The molecular formula is C24H26N2O2S. The summed E-state index contributed by atoms with van der Waals surface area (Å²) < 4.78 is 5.95. The molecule has 0 aliphatic carbocycles. The smallest absolute Gasteiger partial charge is 0.225 e. The molecule has 0 saturated carbocycles. The van der Waals surface area contributed by atoms with Crippen LogP contribution in [0.25, 0.3) is 0 Å². The van der Waals surface area contributed by atoms with Gasteiger partial charge in [0.15, 0.2) is 0 Å². The van der Waals surface area contributed by atoms with E-state index in [9.17, 15) is 4.79 Å². The molecule has 4 nitrogen and oxygen atoms in total. The molecule has 4 rings (SSSR count). The highest BCUT2D eigenvalue weighted by Crippen LogP contribution is 2.23. The number of ether oxygens (including phenoxy) is 1. The molecule has 0 spiro atoms. The molecule has 0 bridgehead atoms. The van der Waals surface area contributed by atoms with Crippen molar-refractivity contribution >= 4 is 17.2 Å². The fourth-order valence-electron chi connectivity index (χ4n) is 3.68. The lowest BCUT2D eigenvalue weighted by atomic mass is 10.0. The maximum atomic E-state index is 12.2. The zero-order chi connectivity index (χ0) is 19.9. The van der Waals surface area contributed by atoms with Crippen LogP contribution in [-0.4, -0.2) is 29.9 Å². The van der Waals surface area contributed by atoms with Crippen LogP contribution >= 0.6 is 11.3 Å². The van der Waals surface area contributed by atoms with Crippen molar-refractivity contribution in [3.8, 4) is 11.5 Å². The normalized spacial score (nSPS) is 15.2. The van der Waals surface area contributed by atoms with Crippen molar-refractivity contribution in [1.82, 2.24) is 10.2 Å². The number of carbonyl (C=O) groups is 1. The molecule has 1 fully saturated rings. The van der Waals surface area contributed by atoms with Gasteiger partial charge in [-0.15, -0.1) is 11.3 Å². The van der Waals surface area contributed by atoms with E-state index in [0.29, 0.717) is 6.42 Å². The quantitative estimate of drug-likeness (QED) is 0.609. The molecule has 0 radical (unpaired) electrons. The van der Waals surface area contributed by atoms with Crippen LogP contribution in [0.2, 0.25) is 0 Å². The molecule has 1 aromatic heterocycles. The number of carbonyl (C=O) groups excluding carboxylic acids is 1. The molecule has 1 aliphatic rings. The second-order valence-corrected chi connectivity index (χ2v) is 8.47. The van der Waals surface area contributed by atoms with E-state index in [1.54, 1.807) is 11.3 Å². The summed E-state index contributed by atoms with van der Waals surface area (Å²) in [4.78, 5) is 15.8. The highest BCUT2D eigenvalue weighted by molar-refractivity contribution is 7.10. The van der Waals surface area contributed by atoms with Crippen LogP contribution in [0, 0.1) is 0 Å². The number of para-hydroxylation sites is 1. The largest absolute Gasteiger partial charge is 0.457 e. The van der Waals surface area contributed by atoms with Gasteiger partial charge in [-0.1, -0.05) is 36.4 Å². The second-order valence-electron chi connectivity index (χ2n) is 7.44. The number of likely N-dealkylation sites (tertiary alicyclic amines) is 1. The van der Waals surface area contributed by atoms with Crippen LogP contribution in [0.5, 0.6) is 11.5 Å². The first-order valence-electron chi connectivity index (χ1n) is 10.1. The Bertz CT molecular complexity index is 904. The summed E-state index contributed by atoms with van der Waals surface area (Å²) in [6, 6.07) is 22.4. The van der Waals surface area contributed by atoms with Crippen LogP contribution in [0.3, 0.4) is 0 Å². The van der Waals surface area contributed by atoms with Gasteiger partial charge < -0.3 is 10.1 Å². The summed E-state index contributed by atoms with van der Waals surface area (Å²) in [7, 11) is 0. The molecule has 1 saturated heterocycles. The number of amides is 1. The lowest BCUT2D eigenvalue weighted by Crippen LogP contribution is -2.44. The van der Waals surface area contributed by atoms with Crippen LogP contribution in [0.15, 0.2) is 72.1 Å². The molecule has 1 amide bonds. The van der Waals surface area contributed by atoms with Crippen LogP contribution < -0.4 is 10.1 Å². The van der Waals surface area contributed by atoms with Crippen molar-refractivity contribution in [2.75, 3.05) is 13.1 Å². The van der Waals surface area contributed by atoms with Gasteiger partial charge in [-0.25, -0.2) is 0 Å². The first kappa shape index (κ1) is 19.7. The molecule has 0 atom stereocenters.